The van der Waals surface area contributed by atoms with Crippen molar-refractivity contribution in [1.29, 1.82) is 0 Å². The number of aryl methyl sites for hydroxylation is 1. The van der Waals surface area contributed by atoms with Crippen molar-refractivity contribution < 1.29 is 0 Å². The molecule has 2 heteroatoms. The van der Waals surface area contributed by atoms with Gasteiger partial charge in [0.15, 0.2) is 0 Å². The Labute approximate surface area is 119 Å². The Morgan fingerprint density at radius 3 is 2.26 bits per heavy atom. The third-order valence-electron chi connectivity index (χ3n) is 3.90. The normalized spacial score (nSPS) is 13.5. The van der Waals surface area contributed by atoms with Gasteiger partial charge in [0.25, 0.3) is 0 Å². The summed E-state index contributed by atoms with van der Waals surface area (Å²) < 4.78 is 0. The van der Waals surface area contributed by atoms with Gasteiger partial charge < -0.3 is 10.6 Å². The SMILES string of the molecule is CCC(CNC)CNCC(C)(C)c1ccc(C)cc1. The van der Waals surface area contributed by atoms with Crippen LogP contribution in [0, 0.1) is 12.8 Å². The van der Waals surface area contributed by atoms with E-state index in [1.54, 1.807) is 0 Å². The van der Waals surface area contributed by atoms with Gasteiger partial charge in [-0.05, 0) is 38.5 Å². The van der Waals surface area contributed by atoms with Crippen LogP contribution in [-0.4, -0.2) is 26.7 Å². The van der Waals surface area contributed by atoms with Crippen LogP contribution in [-0.2, 0) is 5.41 Å². The summed E-state index contributed by atoms with van der Waals surface area (Å²) in [5.74, 6) is 0.721. The molecule has 0 amide bonds. The molecule has 0 heterocycles. The first kappa shape index (κ1) is 16.2. The van der Waals surface area contributed by atoms with Gasteiger partial charge in [-0.2, -0.15) is 0 Å². The lowest BCUT2D eigenvalue weighted by molar-refractivity contribution is 0.402. The van der Waals surface area contributed by atoms with Crippen molar-refractivity contribution in [3.05, 3.63) is 35.4 Å². The Kier molecular flexibility index (Phi) is 6.53. The molecule has 1 rings (SSSR count). The molecule has 1 unspecified atom stereocenters. The van der Waals surface area contributed by atoms with Gasteiger partial charge in [-0.1, -0.05) is 57.0 Å². The summed E-state index contributed by atoms with van der Waals surface area (Å²) in [5.41, 5.74) is 2.92. The maximum atomic E-state index is 3.63. The molecule has 0 aliphatic heterocycles. The quantitative estimate of drug-likeness (QED) is 0.752. The number of hydrogen-bond donors (Lipinski definition) is 2. The highest BCUT2D eigenvalue weighted by atomic mass is 14.9. The van der Waals surface area contributed by atoms with E-state index in [2.05, 4.69) is 62.6 Å². The standard InChI is InChI=1S/C17H30N2/c1-6-15(11-18-5)12-19-13-17(3,4)16-9-7-14(2)8-10-16/h7-10,15,18-19H,6,11-13H2,1-5H3. The van der Waals surface area contributed by atoms with Gasteiger partial charge in [0.1, 0.15) is 0 Å². The van der Waals surface area contributed by atoms with Crippen LogP contribution in [0.5, 0.6) is 0 Å². The van der Waals surface area contributed by atoms with Crippen LogP contribution >= 0.6 is 0 Å². The van der Waals surface area contributed by atoms with E-state index < -0.39 is 0 Å². The third kappa shape index (κ3) is 5.33. The van der Waals surface area contributed by atoms with Crippen LogP contribution in [0.3, 0.4) is 0 Å². The van der Waals surface area contributed by atoms with Gasteiger partial charge in [-0.3, -0.25) is 0 Å². The second kappa shape index (κ2) is 7.66. The van der Waals surface area contributed by atoms with E-state index in [1.807, 2.05) is 7.05 Å². The molecule has 0 aliphatic carbocycles. The largest absolute Gasteiger partial charge is 0.319 e. The van der Waals surface area contributed by atoms with Crippen LogP contribution in [0.4, 0.5) is 0 Å². The predicted octanol–water partition coefficient (Wildman–Crippen LogP) is 3.11. The van der Waals surface area contributed by atoms with E-state index in [0.717, 1.165) is 25.6 Å². The van der Waals surface area contributed by atoms with Gasteiger partial charge in [0.05, 0.1) is 0 Å². The number of benzene rings is 1. The molecule has 108 valence electrons. The van der Waals surface area contributed by atoms with Crippen molar-refractivity contribution in [3.8, 4) is 0 Å². The number of nitrogens with one attached hydrogen (secondary N) is 2. The highest BCUT2D eigenvalue weighted by Gasteiger charge is 2.20. The molecule has 0 radical (unpaired) electrons. The molecule has 0 bridgehead atoms. The smallest absolute Gasteiger partial charge is 0.00433 e. The lowest BCUT2D eigenvalue weighted by Crippen LogP contribution is -2.37. The van der Waals surface area contributed by atoms with Crippen LogP contribution in [0.25, 0.3) is 0 Å². The Morgan fingerprint density at radius 1 is 1.11 bits per heavy atom. The minimum Gasteiger partial charge on any atom is -0.319 e. The predicted molar refractivity (Wildman–Crippen MR) is 84.8 cm³/mol. The average molecular weight is 262 g/mol. The zero-order valence-electron chi connectivity index (χ0n) is 13.2. The summed E-state index contributed by atoms with van der Waals surface area (Å²) in [6.07, 6.45) is 1.22. The Bertz CT molecular complexity index is 354. The van der Waals surface area contributed by atoms with E-state index in [-0.39, 0.29) is 5.41 Å². The molecule has 0 fully saturated rings. The molecule has 2 nitrogen and oxygen atoms in total. The second-order valence-corrected chi connectivity index (χ2v) is 6.21. The van der Waals surface area contributed by atoms with Crippen LogP contribution in [0.1, 0.15) is 38.3 Å². The summed E-state index contributed by atoms with van der Waals surface area (Å²) in [5, 5.41) is 6.90. The van der Waals surface area contributed by atoms with E-state index in [1.165, 1.54) is 17.5 Å². The fourth-order valence-electron chi connectivity index (χ4n) is 2.35. The van der Waals surface area contributed by atoms with Gasteiger partial charge in [-0.15, -0.1) is 0 Å². The molecule has 1 atom stereocenters. The minimum absolute atomic E-state index is 0.186. The summed E-state index contributed by atoms with van der Waals surface area (Å²) in [7, 11) is 2.03. The fourth-order valence-corrected chi connectivity index (χ4v) is 2.35. The Hall–Kier alpha value is -0.860. The van der Waals surface area contributed by atoms with E-state index >= 15 is 0 Å². The summed E-state index contributed by atoms with van der Waals surface area (Å²) in [6.45, 7) is 12.2. The van der Waals surface area contributed by atoms with E-state index in [0.29, 0.717) is 0 Å². The van der Waals surface area contributed by atoms with E-state index in [4.69, 9.17) is 0 Å². The van der Waals surface area contributed by atoms with Crippen LogP contribution < -0.4 is 10.6 Å². The molecule has 0 spiro atoms. The van der Waals surface area contributed by atoms with Gasteiger partial charge >= 0.3 is 0 Å². The molecule has 0 aliphatic rings. The molecule has 1 aromatic rings. The lowest BCUT2D eigenvalue weighted by atomic mass is 9.84. The maximum Gasteiger partial charge on any atom is 0.00433 e. The molecule has 2 N–H and O–H groups in total. The Morgan fingerprint density at radius 2 is 1.74 bits per heavy atom. The molecule has 1 aromatic carbocycles. The van der Waals surface area contributed by atoms with Gasteiger partial charge in [-0.25, -0.2) is 0 Å². The van der Waals surface area contributed by atoms with E-state index in [9.17, 15) is 0 Å². The average Bonchev–Trinajstić information content (AvgIpc) is 2.38. The molecule has 0 saturated heterocycles. The van der Waals surface area contributed by atoms with Crippen molar-refractivity contribution in [3.63, 3.8) is 0 Å². The highest BCUT2D eigenvalue weighted by molar-refractivity contribution is 5.27. The first-order valence-electron chi connectivity index (χ1n) is 7.42. The van der Waals surface area contributed by atoms with Crippen molar-refractivity contribution in [2.45, 2.75) is 39.5 Å². The Balaban J connectivity index is 2.48. The van der Waals surface area contributed by atoms with Crippen molar-refractivity contribution in [2.75, 3.05) is 26.7 Å². The molecular formula is C17H30N2. The zero-order chi connectivity index (χ0) is 14.3. The van der Waals surface area contributed by atoms with Crippen LogP contribution in [0.15, 0.2) is 24.3 Å². The lowest BCUT2D eigenvalue weighted by Gasteiger charge is -2.27. The van der Waals surface area contributed by atoms with Crippen molar-refractivity contribution in [2.24, 2.45) is 5.92 Å². The zero-order valence-corrected chi connectivity index (χ0v) is 13.2. The molecule has 0 saturated carbocycles. The van der Waals surface area contributed by atoms with Crippen molar-refractivity contribution in [1.82, 2.24) is 10.6 Å². The topological polar surface area (TPSA) is 24.1 Å². The third-order valence-corrected chi connectivity index (χ3v) is 3.90. The molecule has 19 heavy (non-hydrogen) atoms. The molecular weight excluding hydrogens is 232 g/mol. The maximum absolute atomic E-state index is 3.63. The van der Waals surface area contributed by atoms with Gasteiger partial charge in [0, 0.05) is 12.0 Å². The minimum atomic E-state index is 0.186. The number of rotatable bonds is 8. The second-order valence-electron chi connectivity index (χ2n) is 6.21. The molecule has 0 aromatic heterocycles. The summed E-state index contributed by atoms with van der Waals surface area (Å²) in [6, 6.07) is 8.91. The number of hydrogen-bond acceptors (Lipinski definition) is 2. The van der Waals surface area contributed by atoms with Crippen molar-refractivity contribution >= 4 is 0 Å². The van der Waals surface area contributed by atoms with Gasteiger partial charge in [0.2, 0.25) is 0 Å². The summed E-state index contributed by atoms with van der Waals surface area (Å²) >= 11 is 0. The van der Waals surface area contributed by atoms with Crippen LogP contribution in [0.2, 0.25) is 0 Å². The highest BCUT2D eigenvalue weighted by Crippen LogP contribution is 2.22. The summed E-state index contributed by atoms with van der Waals surface area (Å²) in [4.78, 5) is 0. The first-order chi connectivity index (χ1) is 8.99. The fraction of sp³-hybridized carbons (Fsp3) is 0.647. The first-order valence-corrected chi connectivity index (χ1v) is 7.42. The monoisotopic (exact) mass is 262 g/mol.